The first kappa shape index (κ1) is 19.6. The summed E-state index contributed by atoms with van der Waals surface area (Å²) in [7, 11) is -1.37. The summed E-state index contributed by atoms with van der Waals surface area (Å²) in [5, 5.41) is 13.5. The van der Waals surface area contributed by atoms with Gasteiger partial charge < -0.3 is 15.2 Å². The van der Waals surface area contributed by atoms with Crippen LogP contribution in [0.25, 0.3) is 10.8 Å². The molecular formula is C21H19NO5S. The number of carbonyl (C=O) groups is 2. The molecule has 0 radical (unpaired) electrons. The van der Waals surface area contributed by atoms with Gasteiger partial charge in [-0.25, -0.2) is 4.79 Å². The number of amides is 1. The Kier molecular flexibility index (Phi) is 6.39. The monoisotopic (exact) mass is 397 g/mol. The zero-order valence-corrected chi connectivity index (χ0v) is 15.8. The maximum absolute atomic E-state index is 12.1. The number of carboxylic acid groups (broad SMARTS) is 1. The van der Waals surface area contributed by atoms with Gasteiger partial charge in [0.05, 0.1) is 17.9 Å². The van der Waals surface area contributed by atoms with Crippen molar-refractivity contribution in [3.8, 4) is 5.75 Å². The van der Waals surface area contributed by atoms with Crippen molar-refractivity contribution in [2.75, 3.05) is 23.4 Å². The molecule has 3 aromatic carbocycles. The van der Waals surface area contributed by atoms with Crippen molar-refractivity contribution < 1.29 is 23.6 Å². The quantitative estimate of drug-likeness (QED) is 0.608. The molecule has 144 valence electrons. The summed E-state index contributed by atoms with van der Waals surface area (Å²) in [6, 6.07) is 19.4. The highest BCUT2D eigenvalue weighted by Gasteiger charge is 2.10. The van der Waals surface area contributed by atoms with Crippen molar-refractivity contribution in [3.63, 3.8) is 0 Å². The Labute approximate surface area is 164 Å². The molecule has 0 fully saturated rings. The van der Waals surface area contributed by atoms with E-state index in [2.05, 4.69) is 5.32 Å². The van der Waals surface area contributed by atoms with Crippen molar-refractivity contribution in [3.05, 3.63) is 72.3 Å². The van der Waals surface area contributed by atoms with E-state index >= 15 is 0 Å². The van der Waals surface area contributed by atoms with E-state index in [9.17, 15) is 13.8 Å². The maximum Gasteiger partial charge on any atom is 0.335 e. The summed E-state index contributed by atoms with van der Waals surface area (Å²) in [5.74, 6) is -0.636. The lowest BCUT2D eigenvalue weighted by Gasteiger charge is -2.09. The summed E-state index contributed by atoms with van der Waals surface area (Å²) in [5.41, 5.74) is 0.589. The van der Waals surface area contributed by atoms with E-state index in [0.717, 1.165) is 16.5 Å². The summed E-state index contributed by atoms with van der Waals surface area (Å²) in [6.45, 7) is 0.237. The van der Waals surface area contributed by atoms with Crippen LogP contribution in [0.3, 0.4) is 0 Å². The Hall–Kier alpha value is -3.19. The van der Waals surface area contributed by atoms with Crippen LogP contribution < -0.4 is 10.1 Å². The Balaban J connectivity index is 1.47. The van der Waals surface area contributed by atoms with Crippen molar-refractivity contribution in [2.45, 2.75) is 0 Å². The molecule has 3 rings (SSSR count). The van der Waals surface area contributed by atoms with Crippen LogP contribution >= 0.6 is 0 Å². The van der Waals surface area contributed by atoms with Crippen molar-refractivity contribution in [2.24, 2.45) is 0 Å². The summed E-state index contributed by atoms with van der Waals surface area (Å²) >= 11 is 0. The number of benzene rings is 3. The molecule has 6 nitrogen and oxygen atoms in total. The van der Waals surface area contributed by atoms with E-state index in [1.54, 1.807) is 0 Å². The van der Waals surface area contributed by atoms with E-state index in [0.29, 0.717) is 5.69 Å². The molecule has 0 saturated heterocycles. The third-order valence-corrected chi connectivity index (χ3v) is 5.23. The lowest BCUT2D eigenvalue weighted by molar-refractivity contribution is -0.113. The van der Waals surface area contributed by atoms with Crippen LogP contribution in [0.15, 0.2) is 66.7 Å². The first-order valence-electron chi connectivity index (χ1n) is 8.61. The third kappa shape index (κ3) is 5.17. The summed E-state index contributed by atoms with van der Waals surface area (Å²) < 4.78 is 17.9. The molecule has 0 aliphatic heterocycles. The second-order valence-electron chi connectivity index (χ2n) is 6.04. The second kappa shape index (κ2) is 9.14. The SMILES string of the molecule is O=C(CS(=O)CCOc1cccc2ccccc12)Nc1ccc(C(=O)O)cc1. The van der Waals surface area contributed by atoms with Crippen LogP contribution in [-0.4, -0.2) is 39.3 Å². The van der Waals surface area contributed by atoms with Crippen LogP contribution in [0.1, 0.15) is 10.4 Å². The predicted octanol–water partition coefficient (Wildman–Crippen LogP) is 3.30. The predicted molar refractivity (Wildman–Crippen MR) is 109 cm³/mol. The fraction of sp³-hybridized carbons (Fsp3) is 0.143. The first-order chi connectivity index (χ1) is 13.5. The first-order valence-corrected chi connectivity index (χ1v) is 10.1. The molecular weight excluding hydrogens is 378 g/mol. The highest BCUT2D eigenvalue weighted by Crippen LogP contribution is 2.24. The normalized spacial score (nSPS) is 11.7. The molecule has 0 heterocycles. The molecule has 1 unspecified atom stereocenters. The molecule has 1 amide bonds. The molecule has 2 N–H and O–H groups in total. The smallest absolute Gasteiger partial charge is 0.335 e. The van der Waals surface area contributed by atoms with Gasteiger partial charge >= 0.3 is 5.97 Å². The lowest BCUT2D eigenvalue weighted by Crippen LogP contribution is -2.22. The standard InChI is InChI=1S/C21H19NO5S/c23-20(22-17-10-8-16(9-11-17)21(24)25)14-28(26)13-12-27-19-7-3-5-15-4-1-2-6-18(15)19/h1-11H,12-14H2,(H,22,23)(H,24,25). The third-order valence-electron chi connectivity index (χ3n) is 4.03. The van der Waals surface area contributed by atoms with Crippen LogP contribution in [0, 0.1) is 0 Å². The molecule has 0 saturated carbocycles. The number of rotatable bonds is 8. The molecule has 0 aromatic heterocycles. The number of aromatic carboxylic acids is 1. The fourth-order valence-electron chi connectivity index (χ4n) is 2.68. The Morgan fingerprint density at radius 2 is 1.68 bits per heavy atom. The summed E-state index contributed by atoms with van der Waals surface area (Å²) in [4.78, 5) is 22.8. The van der Waals surface area contributed by atoms with E-state index < -0.39 is 22.7 Å². The molecule has 0 spiro atoms. The number of hydrogen-bond donors (Lipinski definition) is 2. The van der Waals surface area contributed by atoms with Crippen LogP contribution in [0.5, 0.6) is 5.75 Å². The zero-order chi connectivity index (χ0) is 19.9. The highest BCUT2D eigenvalue weighted by molar-refractivity contribution is 7.85. The van der Waals surface area contributed by atoms with Crippen molar-refractivity contribution >= 4 is 39.1 Å². The van der Waals surface area contributed by atoms with Gasteiger partial charge in [-0.3, -0.25) is 9.00 Å². The van der Waals surface area contributed by atoms with Gasteiger partial charge in [0.25, 0.3) is 0 Å². The lowest BCUT2D eigenvalue weighted by atomic mass is 10.1. The Morgan fingerprint density at radius 1 is 0.964 bits per heavy atom. The molecule has 0 aliphatic rings. The fourth-order valence-corrected chi connectivity index (χ4v) is 3.46. The average Bonchev–Trinajstić information content (AvgIpc) is 2.68. The minimum Gasteiger partial charge on any atom is -0.492 e. The average molecular weight is 397 g/mol. The van der Waals surface area contributed by atoms with E-state index in [1.807, 2.05) is 42.5 Å². The maximum atomic E-state index is 12.1. The molecule has 1 atom stereocenters. The number of anilines is 1. The zero-order valence-electron chi connectivity index (χ0n) is 15.0. The number of carbonyl (C=O) groups excluding carboxylic acids is 1. The van der Waals surface area contributed by atoms with Gasteiger partial charge in [-0.05, 0) is 35.7 Å². The Morgan fingerprint density at radius 3 is 2.43 bits per heavy atom. The number of ether oxygens (including phenoxy) is 1. The topological polar surface area (TPSA) is 92.7 Å². The highest BCUT2D eigenvalue weighted by atomic mass is 32.2. The van der Waals surface area contributed by atoms with Crippen LogP contribution in [0.2, 0.25) is 0 Å². The van der Waals surface area contributed by atoms with Gasteiger partial charge in [-0.2, -0.15) is 0 Å². The van der Waals surface area contributed by atoms with Gasteiger partial charge in [0.15, 0.2) is 0 Å². The Bertz CT molecular complexity index is 1010. The van der Waals surface area contributed by atoms with E-state index in [4.69, 9.17) is 9.84 Å². The molecule has 0 bridgehead atoms. The van der Waals surface area contributed by atoms with Gasteiger partial charge in [0, 0.05) is 21.9 Å². The van der Waals surface area contributed by atoms with Gasteiger partial charge in [-0.15, -0.1) is 0 Å². The van der Waals surface area contributed by atoms with E-state index in [1.165, 1.54) is 24.3 Å². The second-order valence-corrected chi connectivity index (χ2v) is 7.62. The minimum atomic E-state index is -1.37. The largest absolute Gasteiger partial charge is 0.492 e. The van der Waals surface area contributed by atoms with Crippen molar-refractivity contribution in [1.82, 2.24) is 0 Å². The minimum absolute atomic E-state index is 0.132. The van der Waals surface area contributed by atoms with Crippen LogP contribution in [-0.2, 0) is 15.6 Å². The van der Waals surface area contributed by atoms with E-state index in [-0.39, 0.29) is 23.7 Å². The number of carboxylic acids is 1. The number of hydrogen-bond acceptors (Lipinski definition) is 4. The van der Waals surface area contributed by atoms with Gasteiger partial charge in [0.1, 0.15) is 11.5 Å². The number of nitrogens with one attached hydrogen (secondary N) is 1. The van der Waals surface area contributed by atoms with Gasteiger partial charge in [0.2, 0.25) is 5.91 Å². The number of fused-ring (bicyclic) bond motifs is 1. The summed E-state index contributed by atoms with van der Waals surface area (Å²) in [6.07, 6.45) is 0. The molecule has 28 heavy (non-hydrogen) atoms. The molecule has 3 aromatic rings. The molecule has 0 aliphatic carbocycles. The van der Waals surface area contributed by atoms with Crippen LogP contribution in [0.4, 0.5) is 5.69 Å². The van der Waals surface area contributed by atoms with Gasteiger partial charge in [-0.1, -0.05) is 36.4 Å². The van der Waals surface area contributed by atoms with Crippen molar-refractivity contribution in [1.29, 1.82) is 0 Å². The molecule has 7 heteroatoms.